The maximum absolute atomic E-state index is 12.9. The molecule has 0 aliphatic rings. The fourth-order valence-corrected chi connectivity index (χ4v) is 7.37. The Bertz CT molecular complexity index is 1550. The molecule has 0 aliphatic carbocycles. The van der Waals surface area contributed by atoms with Crippen LogP contribution >= 0.6 is 0 Å². The Hall–Kier alpha value is -4.45. The van der Waals surface area contributed by atoms with Crippen LogP contribution in [0.1, 0.15) is 239 Å². The van der Waals surface area contributed by atoms with Gasteiger partial charge in [0.1, 0.15) is 13.2 Å². The third-order valence-corrected chi connectivity index (χ3v) is 11.6. The summed E-state index contributed by atoms with van der Waals surface area (Å²) < 4.78 is 16.8. The van der Waals surface area contributed by atoms with Crippen molar-refractivity contribution in [2.24, 2.45) is 0 Å². The molecular weight excluding hydrogens is 877 g/mol. The van der Waals surface area contributed by atoms with Crippen molar-refractivity contribution in [2.75, 3.05) is 13.2 Å². The van der Waals surface area contributed by atoms with E-state index in [9.17, 15) is 14.4 Å². The van der Waals surface area contributed by atoms with Crippen molar-refractivity contribution < 1.29 is 28.6 Å². The number of esters is 3. The molecule has 0 saturated carbocycles. The summed E-state index contributed by atoms with van der Waals surface area (Å²) in [5, 5.41) is 0. The molecule has 0 aliphatic heterocycles. The maximum atomic E-state index is 12.9. The normalized spacial score (nSPS) is 13.1. The van der Waals surface area contributed by atoms with Crippen molar-refractivity contribution in [2.45, 2.75) is 245 Å². The first-order valence-corrected chi connectivity index (χ1v) is 28.7. The van der Waals surface area contributed by atoms with Crippen molar-refractivity contribution in [1.82, 2.24) is 0 Å². The van der Waals surface area contributed by atoms with Gasteiger partial charge in [-0.2, -0.15) is 0 Å². The highest BCUT2D eigenvalue weighted by atomic mass is 16.6. The van der Waals surface area contributed by atoms with Crippen LogP contribution in [0.25, 0.3) is 0 Å². The van der Waals surface area contributed by atoms with E-state index < -0.39 is 6.10 Å². The third kappa shape index (κ3) is 56.3. The maximum Gasteiger partial charge on any atom is 0.306 e. The molecule has 0 spiro atoms. The second-order valence-electron chi connectivity index (χ2n) is 18.4. The van der Waals surface area contributed by atoms with E-state index in [1.807, 2.05) is 0 Å². The Kier molecular flexibility index (Phi) is 54.5. The van der Waals surface area contributed by atoms with E-state index in [0.717, 1.165) is 148 Å². The first-order chi connectivity index (χ1) is 35.0. The molecule has 400 valence electrons. The van der Waals surface area contributed by atoms with Crippen molar-refractivity contribution in [3.8, 4) is 0 Å². The summed E-state index contributed by atoms with van der Waals surface area (Å²) in [5.41, 5.74) is 0. The van der Waals surface area contributed by atoms with Crippen molar-refractivity contribution in [3.63, 3.8) is 0 Å². The van der Waals surface area contributed by atoms with Crippen LogP contribution in [0.15, 0.2) is 134 Å². The van der Waals surface area contributed by atoms with Gasteiger partial charge in [0, 0.05) is 19.3 Å². The molecule has 0 rings (SSSR count). The summed E-state index contributed by atoms with van der Waals surface area (Å²) in [7, 11) is 0. The predicted octanol–water partition coefficient (Wildman–Crippen LogP) is 19.4. The lowest BCUT2D eigenvalue weighted by atomic mass is 10.1. The predicted molar refractivity (Wildman–Crippen MR) is 306 cm³/mol. The molecule has 0 radical (unpaired) electrons. The van der Waals surface area contributed by atoms with Crippen LogP contribution in [0.5, 0.6) is 0 Å². The highest BCUT2D eigenvalue weighted by molar-refractivity contribution is 5.71. The number of allylic oxidation sites excluding steroid dienone is 22. The van der Waals surface area contributed by atoms with Gasteiger partial charge in [0.15, 0.2) is 6.10 Å². The number of unbranched alkanes of at least 4 members (excludes halogenated alkanes) is 17. The SMILES string of the molecule is CC/C=C\C/C=C\C/C=C\C/C=C\C/C=C\CCCCCC(=O)OC[C@H](COC(=O)CCCCCCCCC/C=C\C/C=C\CCCCC)OC(=O)CCCCCC/C=C\C/C=C\C/C=C\C/C=C\CC. The van der Waals surface area contributed by atoms with Crippen LogP contribution < -0.4 is 0 Å². The van der Waals surface area contributed by atoms with Gasteiger partial charge < -0.3 is 14.2 Å². The Morgan fingerprint density at radius 1 is 0.296 bits per heavy atom. The van der Waals surface area contributed by atoms with Gasteiger partial charge in [0.2, 0.25) is 0 Å². The van der Waals surface area contributed by atoms with Gasteiger partial charge in [0.05, 0.1) is 0 Å². The van der Waals surface area contributed by atoms with Gasteiger partial charge >= 0.3 is 17.9 Å². The molecule has 71 heavy (non-hydrogen) atoms. The van der Waals surface area contributed by atoms with Gasteiger partial charge in [-0.25, -0.2) is 0 Å². The van der Waals surface area contributed by atoms with Gasteiger partial charge in [-0.15, -0.1) is 0 Å². The Balaban J connectivity index is 4.53. The Labute approximate surface area is 436 Å². The lowest BCUT2D eigenvalue weighted by Gasteiger charge is -2.18. The molecule has 6 nitrogen and oxygen atoms in total. The molecule has 0 aromatic carbocycles. The van der Waals surface area contributed by atoms with Crippen LogP contribution in [-0.2, 0) is 28.6 Å². The molecule has 0 N–H and O–H groups in total. The number of hydrogen-bond acceptors (Lipinski definition) is 6. The van der Waals surface area contributed by atoms with Crippen LogP contribution in [0, 0.1) is 0 Å². The highest BCUT2D eigenvalue weighted by Crippen LogP contribution is 2.13. The molecule has 0 unspecified atom stereocenters. The van der Waals surface area contributed by atoms with E-state index in [1.165, 1.54) is 51.4 Å². The van der Waals surface area contributed by atoms with E-state index in [1.54, 1.807) is 0 Å². The van der Waals surface area contributed by atoms with Crippen LogP contribution in [0.3, 0.4) is 0 Å². The molecule has 0 aromatic rings. The quantitative estimate of drug-likeness (QED) is 0.0262. The largest absolute Gasteiger partial charge is 0.462 e. The standard InChI is InChI=1S/C65H104O6/c1-4-7-10-13-16-19-22-25-28-31-32-35-37-40-43-46-49-52-55-58-64(67)70-61-62(71-65(68)59-56-53-50-47-44-41-38-34-30-27-24-21-18-15-12-9-6-3)60-69-63(66)57-54-51-48-45-42-39-36-33-29-26-23-20-17-14-11-8-5-2/h7,9-10,12,16-21,25-30,32,35,38,40-41,43,62H,4-6,8,11,13-15,22-24,31,33-34,36-37,39,42,44-61H2,1-3H3/b10-7-,12-9-,19-16-,20-17-,21-18-,28-25-,29-26-,30-27-,35-32-,41-38-,43-40-/t62-/m0/s1. The van der Waals surface area contributed by atoms with E-state index in [-0.39, 0.29) is 37.5 Å². The summed E-state index contributed by atoms with van der Waals surface area (Å²) >= 11 is 0. The molecule has 1 atom stereocenters. The topological polar surface area (TPSA) is 78.9 Å². The minimum Gasteiger partial charge on any atom is -0.462 e. The van der Waals surface area contributed by atoms with E-state index in [2.05, 4.69) is 154 Å². The third-order valence-electron chi connectivity index (χ3n) is 11.6. The molecule has 0 amide bonds. The smallest absolute Gasteiger partial charge is 0.306 e. The summed E-state index contributed by atoms with van der Waals surface area (Å²) in [4.78, 5) is 38.2. The fourth-order valence-electron chi connectivity index (χ4n) is 7.37. The molecule has 0 heterocycles. The first kappa shape index (κ1) is 66.6. The molecule has 0 saturated heterocycles. The number of rotatable bonds is 50. The van der Waals surface area contributed by atoms with Crippen LogP contribution in [-0.4, -0.2) is 37.2 Å². The summed E-state index contributed by atoms with van der Waals surface area (Å²) in [6.45, 7) is 6.32. The van der Waals surface area contributed by atoms with Gasteiger partial charge in [-0.3, -0.25) is 14.4 Å². The van der Waals surface area contributed by atoms with Crippen molar-refractivity contribution in [1.29, 1.82) is 0 Å². The Morgan fingerprint density at radius 2 is 0.549 bits per heavy atom. The number of carbonyl (C=O) groups excluding carboxylic acids is 3. The summed E-state index contributed by atoms with van der Waals surface area (Å²) in [6, 6.07) is 0. The number of hydrogen-bond donors (Lipinski definition) is 0. The average Bonchev–Trinajstić information content (AvgIpc) is 3.37. The second kappa shape index (κ2) is 58.1. The highest BCUT2D eigenvalue weighted by Gasteiger charge is 2.19. The fraction of sp³-hybridized carbons (Fsp3) is 0.615. The second-order valence-corrected chi connectivity index (χ2v) is 18.4. The zero-order valence-corrected chi connectivity index (χ0v) is 45.7. The minimum atomic E-state index is -0.814. The zero-order chi connectivity index (χ0) is 51.4. The summed E-state index contributed by atoms with van der Waals surface area (Å²) in [6.07, 6.45) is 81.5. The van der Waals surface area contributed by atoms with Crippen LogP contribution in [0.4, 0.5) is 0 Å². The minimum absolute atomic E-state index is 0.107. The zero-order valence-electron chi connectivity index (χ0n) is 45.7. The molecule has 0 fully saturated rings. The van der Waals surface area contributed by atoms with Gasteiger partial charge in [0.25, 0.3) is 0 Å². The summed E-state index contributed by atoms with van der Waals surface area (Å²) in [5.74, 6) is -0.976. The molecule has 0 aromatic heterocycles. The van der Waals surface area contributed by atoms with Crippen molar-refractivity contribution in [3.05, 3.63) is 134 Å². The van der Waals surface area contributed by atoms with E-state index >= 15 is 0 Å². The van der Waals surface area contributed by atoms with E-state index in [0.29, 0.717) is 12.8 Å². The molecule has 0 bridgehead atoms. The van der Waals surface area contributed by atoms with Gasteiger partial charge in [-0.1, -0.05) is 219 Å². The lowest BCUT2D eigenvalue weighted by molar-refractivity contribution is -0.167. The monoisotopic (exact) mass is 981 g/mol. The number of ether oxygens (including phenoxy) is 3. The number of carbonyl (C=O) groups is 3. The average molecular weight is 982 g/mol. The van der Waals surface area contributed by atoms with Gasteiger partial charge in [-0.05, 0) is 135 Å². The van der Waals surface area contributed by atoms with Crippen LogP contribution in [0.2, 0.25) is 0 Å². The lowest BCUT2D eigenvalue weighted by Crippen LogP contribution is -2.30. The first-order valence-electron chi connectivity index (χ1n) is 28.7. The van der Waals surface area contributed by atoms with Crippen molar-refractivity contribution >= 4 is 17.9 Å². The molecular formula is C65H104O6. The van der Waals surface area contributed by atoms with E-state index in [4.69, 9.17) is 14.2 Å². The molecule has 6 heteroatoms. The Morgan fingerprint density at radius 3 is 0.873 bits per heavy atom.